The number of para-hydroxylation sites is 1. The van der Waals surface area contributed by atoms with Gasteiger partial charge in [-0.2, -0.15) is 0 Å². The number of pyridine rings is 1. The van der Waals surface area contributed by atoms with Crippen molar-refractivity contribution in [3.63, 3.8) is 0 Å². The van der Waals surface area contributed by atoms with Crippen molar-refractivity contribution >= 4 is 17.5 Å². The van der Waals surface area contributed by atoms with Gasteiger partial charge in [0.05, 0.1) is 11.3 Å². The smallest absolute Gasteiger partial charge is 0.255 e. The number of benzene rings is 1. The number of nitrogens with one attached hydrogen (secondary N) is 3. The van der Waals surface area contributed by atoms with Crippen LogP contribution in [-0.4, -0.2) is 36.4 Å². The number of aryl methyl sites for hydroxylation is 1. The van der Waals surface area contributed by atoms with Crippen LogP contribution in [-0.2, 0) is 0 Å². The summed E-state index contributed by atoms with van der Waals surface area (Å²) in [6.45, 7) is 4.63. The zero-order valence-electron chi connectivity index (χ0n) is 15.6. The van der Waals surface area contributed by atoms with Crippen LogP contribution >= 0.6 is 0 Å². The highest BCUT2D eigenvalue weighted by molar-refractivity contribution is 6.09. The molecule has 1 unspecified atom stereocenters. The maximum absolute atomic E-state index is 12.7. The van der Waals surface area contributed by atoms with Crippen molar-refractivity contribution < 1.29 is 9.59 Å². The van der Waals surface area contributed by atoms with Crippen molar-refractivity contribution in [2.75, 3.05) is 25.0 Å². The molecule has 1 aliphatic heterocycles. The third kappa shape index (κ3) is 5.14. The Kier molecular flexibility index (Phi) is 6.54. The molecule has 2 heterocycles. The van der Waals surface area contributed by atoms with E-state index in [4.69, 9.17) is 0 Å². The molecular formula is C21H26N4O2. The molecule has 1 aliphatic rings. The van der Waals surface area contributed by atoms with Crippen molar-refractivity contribution in [2.45, 2.75) is 26.2 Å². The van der Waals surface area contributed by atoms with Gasteiger partial charge in [0.15, 0.2) is 0 Å². The molecule has 1 saturated heterocycles. The summed E-state index contributed by atoms with van der Waals surface area (Å²) < 4.78 is 0. The van der Waals surface area contributed by atoms with E-state index < -0.39 is 0 Å². The third-order valence-corrected chi connectivity index (χ3v) is 4.94. The molecule has 0 spiro atoms. The molecule has 3 N–H and O–H groups in total. The van der Waals surface area contributed by atoms with Crippen molar-refractivity contribution in [1.29, 1.82) is 0 Å². The van der Waals surface area contributed by atoms with Crippen LogP contribution in [0.25, 0.3) is 0 Å². The molecule has 0 bridgehead atoms. The van der Waals surface area contributed by atoms with Gasteiger partial charge in [-0.1, -0.05) is 12.1 Å². The molecule has 1 aromatic carbocycles. The van der Waals surface area contributed by atoms with Crippen LogP contribution in [0.1, 0.15) is 45.5 Å². The third-order valence-electron chi connectivity index (χ3n) is 4.94. The average Bonchev–Trinajstić information content (AvgIpc) is 2.71. The Labute approximate surface area is 159 Å². The van der Waals surface area contributed by atoms with Gasteiger partial charge in [-0.15, -0.1) is 0 Å². The number of anilines is 1. The van der Waals surface area contributed by atoms with Crippen molar-refractivity contribution in [3.8, 4) is 0 Å². The molecule has 3 rings (SSSR count). The van der Waals surface area contributed by atoms with Crippen molar-refractivity contribution in [1.82, 2.24) is 15.6 Å². The van der Waals surface area contributed by atoms with Gasteiger partial charge in [0, 0.05) is 24.5 Å². The maximum atomic E-state index is 12.7. The molecule has 6 heteroatoms. The fourth-order valence-electron chi connectivity index (χ4n) is 3.37. The summed E-state index contributed by atoms with van der Waals surface area (Å²) in [7, 11) is 0. The fraction of sp³-hybridized carbons (Fsp3) is 0.381. The normalized spacial score (nSPS) is 16.6. The van der Waals surface area contributed by atoms with Crippen molar-refractivity contribution in [3.05, 3.63) is 59.4 Å². The lowest BCUT2D eigenvalue weighted by molar-refractivity contribution is 0.0951. The van der Waals surface area contributed by atoms with Gasteiger partial charge in [0.2, 0.25) is 0 Å². The monoisotopic (exact) mass is 366 g/mol. The lowest BCUT2D eigenvalue weighted by Gasteiger charge is -2.22. The SMILES string of the molecule is Cc1cccc(C(=O)NCCC2CCCNC2)c1NC(=O)c1ccncc1. The number of hydrogen-bond donors (Lipinski definition) is 3. The standard InChI is InChI=1S/C21H26N4O2/c1-15-4-2-6-18(19(15)25-20(26)17-8-11-22-12-9-17)21(27)24-13-7-16-5-3-10-23-14-16/h2,4,6,8-9,11-12,16,23H,3,5,7,10,13-14H2,1H3,(H,24,27)(H,25,26). The molecule has 0 saturated carbocycles. The summed E-state index contributed by atoms with van der Waals surface area (Å²) in [5.74, 6) is 0.198. The van der Waals surface area contributed by atoms with E-state index in [-0.39, 0.29) is 11.8 Å². The highest BCUT2D eigenvalue weighted by Gasteiger charge is 2.17. The van der Waals surface area contributed by atoms with Gasteiger partial charge in [-0.05, 0) is 69.0 Å². The Morgan fingerprint density at radius 2 is 2.00 bits per heavy atom. The molecule has 27 heavy (non-hydrogen) atoms. The first kappa shape index (κ1) is 19.0. The average molecular weight is 366 g/mol. The Morgan fingerprint density at radius 3 is 2.74 bits per heavy atom. The number of rotatable bonds is 6. The number of aromatic nitrogens is 1. The predicted octanol–water partition coefficient (Wildman–Crippen LogP) is 2.76. The Morgan fingerprint density at radius 1 is 1.19 bits per heavy atom. The zero-order valence-corrected chi connectivity index (χ0v) is 15.6. The minimum atomic E-state index is -0.256. The zero-order chi connectivity index (χ0) is 19.1. The van der Waals surface area contributed by atoms with Crippen LogP contribution in [0.4, 0.5) is 5.69 Å². The summed E-state index contributed by atoms with van der Waals surface area (Å²) in [5, 5.41) is 9.27. The Bertz CT molecular complexity index is 786. The van der Waals surface area contributed by atoms with Gasteiger partial charge >= 0.3 is 0 Å². The minimum Gasteiger partial charge on any atom is -0.352 e. The second kappa shape index (κ2) is 9.28. The van der Waals surface area contributed by atoms with Crippen LogP contribution in [0.2, 0.25) is 0 Å². The summed E-state index contributed by atoms with van der Waals surface area (Å²) in [6, 6.07) is 8.74. The number of carbonyl (C=O) groups excluding carboxylic acids is 2. The van der Waals surface area contributed by atoms with Crippen molar-refractivity contribution in [2.24, 2.45) is 5.92 Å². The van der Waals surface area contributed by atoms with E-state index in [1.165, 1.54) is 12.8 Å². The van der Waals surface area contributed by atoms with Gasteiger partial charge in [0.25, 0.3) is 11.8 Å². The van der Waals surface area contributed by atoms with Crippen LogP contribution in [0.5, 0.6) is 0 Å². The second-order valence-electron chi connectivity index (χ2n) is 6.94. The molecule has 1 aromatic heterocycles. The van der Waals surface area contributed by atoms with Gasteiger partial charge in [-0.3, -0.25) is 14.6 Å². The first-order valence-electron chi connectivity index (χ1n) is 9.45. The summed E-state index contributed by atoms with van der Waals surface area (Å²) in [6.07, 6.45) is 6.51. The summed E-state index contributed by atoms with van der Waals surface area (Å²) in [4.78, 5) is 29.1. The number of carbonyl (C=O) groups is 2. The van der Waals surface area contributed by atoms with E-state index in [1.54, 1.807) is 30.6 Å². The Balaban J connectivity index is 1.65. The first-order valence-corrected chi connectivity index (χ1v) is 9.45. The number of hydrogen-bond acceptors (Lipinski definition) is 4. The van der Waals surface area contributed by atoms with E-state index in [0.29, 0.717) is 29.3 Å². The topological polar surface area (TPSA) is 83.1 Å². The minimum absolute atomic E-state index is 0.160. The fourth-order valence-corrected chi connectivity index (χ4v) is 3.37. The number of piperidine rings is 1. The van der Waals surface area contributed by atoms with E-state index >= 15 is 0 Å². The molecule has 2 aromatic rings. The lowest BCUT2D eigenvalue weighted by Crippen LogP contribution is -2.33. The molecule has 0 radical (unpaired) electrons. The maximum Gasteiger partial charge on any atom is 0.255 e. The molecule has 142 valence electrons. The molecule has 1 fully saturated rings. The van der Waals surface area contributed by atoms with Crippen LogP contribution in [0.15, 0.2) is 42.7 Å². The highest BCUT2D eigenvalue weighted by atomic mass is 16.2. The second-order valence-corrected chi connectivity index (χ2v) is 6.94. The van der Waals surface area contributed by atoms with E-state index in [1.807, 2.05) is 19.1 Å². The van der Waals surface area contributed by atoms with Crippen LogP contribution in [0.3, 0.4) is 0 Å². The number of nitrogens with zero attached hydrogens (tertiary/aromatic N) is 1. The quantitative estimate of drug-likeness (QED) is 0.734. The molecule has 6 nitrogen and oxygen atoms in total. The molecule has 0 aliphatic carbocycles. The number of amides is 2. The molecule has 2 amide bonds. The highest BCUT2D eigenvalue weighted by Crippen LogP contribution is 2.22. The largest absolute Gasteiger partial charge is 0.352 e. The van der Waals surface area contributed by atoms with Gasteiger partial charge in [-0.25, -0.2) is 0 Å². The van der Waals surface area contributed by atoms with E-state index in [0.717, 1.165) is 25.1 Å². The predicted molar refractivity (Wildman–Crippen MR) is 106 cm³/mol. The molecule has 1 atom stereocenters. The van der Waals surface area contributed by atoms with Crippen LogP contribution < -0.4 is 16.0 Å². The first-order chi connectivity index (χ1) is 13.1. The lowest BCUT2D eigenvalue weighted by atomic mass is 9.96. The van der Waals surface area contributed by atoms with Gasteiger partial charge in [0.1, 0.15) is 0 Å². The summed E-state index contributed by atoms with van der Waals surface area (Å²) >= 11 is 0. The van der Waals surface area contributed by atoms with Crippen LogP contribution in [0, 0.1) is 12.8 Å². The Hall–Kier alpha value is -2.73. The molecular weight excluding hydrogens is 340 g/mol. The van der Waals surface area contributed by atoms with E-state index in [2.05, 4.69) is 20.9 Å². The summed E-state index contributed by atoms with van der Waals surface area (Å²) in [5.41, 5.74) is 2.39. The van der Waals surface area contributed by atoms with E-state index in [9.17, 15) is 9.59 Å². The van der Waals surface area contributed by atoms with Gasteiger partial charge < -0.3 is 16.0 Å².